The molecule has 1 atom stereocenters. The maximum Gasteiger partial charge on any atom is 0.295 e. The van der Waals surface area contributed by atoms with Crippen molar-refractivity contribution in [3.05, 3.63) is 35.4 Å². The van der Waals surface area contributed by atoms with Crippen LogP contribution in [0, 0.1) is 0 Å². The molecule has 0 bridgehead atoms. The number of amides is 1. The summed E-state index contributed by atoms with van der Waals surface area (Å²) >= 11 is 2.15. The minimum atomic E-state index is -0.237. The van der Waals surface area contributed by atoms with Gasteiger partial charge in [0.05, 0.1) is 0 Å². The van der Waals surface area contributed by atoms with Crippen molar-refractivity contribution in [2.75, 3.05) is 0 Å². The quantitative estimate of drug-likeness (QED) is 0.406. The Labute approximate surface area is 83.0 Å². The van der Waals surface area contributed by atoms with E-state index in [-0.39, 0.29) is 9.96 Å². The molecule has 1 unspecified atom stereocenters. The van der Waals surface area contributed by atoms with Crippen LogP contribution in [-0.2, 0) is 0 Å². The van der Waals surface area contributed by atoms with Gasteiger partial charge in [-0.25, -0.2) is 0 Å². The Morgan fingerprint density at radius 3 is 2.83 bits per heavy atom. The van der Waals surface area contributed by atoms with Gasteiger partial charge in [0, 0.05) is 11.1 Å². The van der Waals surface area contributed by atoms with Gasteiger partial charge in [-0.3, -0.25) is 4.79 Å². The fourth-order valence-corrected chi connectivity index (χ4v) is 1.79. The predicted molar refractivity (Wildman–Crippen MR) is 52.4 cm³/mol. The highest BCUT2D eigenvalue weighted by molar-refractivity contribution is 14.1. The average Bonchev–Trinajstić information content (AvgIpc) is 2.12. The van der Waals surface area contributed by atoms with Gasteiger partial charge in [0.1, 0.15) is 4.05 Å². The smallest absolute Gasteiger partial charge is 0.265 e. The zero-order chi connectivity index (χ0) is 8.55. The molecule has 1 heterocycles. The van der Waals surface area contributed by atoms with Crippen LogP contribution in [0.4, 0.5) is 0 Å². The summed E-state index contributed by atoms with van der Waals surface area (Å²) in [5.41, 5.74) is 1.63. The summed E-state index contributed by atoms with van der Waals surface area (Å²) < 4.78 is -0.0171. The Kier molecular flexibility index (Phi) is 1.92. The van der Waals surface area contributed by atoms with Crippen LogP contribution in [0.3, 0.4) is 0 Å². The van der Waals surface area contributed by atoms with Crippen LogP contribution in [0.5, 0.6) is 0 Å². The van der Waals surface area contributed by atoms with Gasteiger partial charge >= 0.3 is 0 Å². The lowest BCUT2D eigenvalue weighted by Gasteiger charge is -2.11. The normalized spacial score (nSPS) is 20.8. The highest BCUT2D eigenvalue weighted by Crippen LogP contribution is 2.31. The molecule has 1 amide bonds. The number of azo groups is 1. The number of benzene rings is 1. The molecular formula is C8H5IN2O. The van der Waals surface area contributed by atoms with Gasteiger partial charge in [0.25, 0.3) is 5.91 Å². The summed E-state index contributed by atoms with van der Waals surface area (Å²) in [7, 11) is 0. The summed E-state index contributed by atoms with van der Waals surface area (Å²) in [6.07, 6.45) is 0. The molecule has 3 nitrogen and oxygen atoms in total. The number of carbonyl (C=O) groups is 1. The Balaban J connectivity index is 2.61. The van der Waals surface area contributed by atoms with Crippen LogP contribution in [0.15, 0.2) is 34.5 Å². The van der Waals surface area contributed by atoms with Crippen molar-refractivity contribution >= 4 is 28.5 Å². The number of nitrogens with zero attached hydrogens (tertiary/aromatic N) is 2. The maximum atomic E-state index is 11.2. The molecule has 1 aliphatic rings. The molecule has 60 valence electrons. The summed E-state index contributed by atoms with van der Waals surface area (Å²) in [6, 6.07) is 7.42. The van der Waals surface area contributed by atoms with E-state index in [1.165, 1.54) is 0 Å². The van der Waals surface area contributed by atoms with Crippen LogP contribution in [0.25, 0.3) is 0 Å². The average molecular weight is 272 g/mol. The molecule has 0 saturated heterocycles. The second-order valence-corrected chi connectivity index (χ2v) is 3.62. The van der Waals surface area contributed by atoms with Gasteiger partial charge in [-0.1, -0.05) is 18.2 Å². The first-order chi connectivity index (χ1) is 5.79. The number of fused-ring (bicyclic) bond motifs is 1. The topological polar surface area (TPSA) is 41.8 Å². The SMILES string of the molecule is O=C1N=NC(I)c2ccccc21. The number of carbonyl (C=O) groups excluding carboxylic acids is 1. The molecule has 0 spiro atoms. The largest absolute Gasteiger partial charge is 0.295 e. The summed E-state index contributed by atoms with van der Waals surface area (Å²) in [4.78, 5) is 11.2. The zero-order valence-corrected chi connectivity index (χ0v) is 8.22. The molecule has 0 fully saturated rings. The molecular weight excluding hydrogens is 267 g/mol. The van der Waals surface area contributed by atoms with E-state index >= 15 is 0 Å². The third-order valence-electron chi connectivity index (χ3n) is 1.70. The van der Waals surface area contributed by atoms with E-state index in [1.54, 1.807) is 6.07 Å². The van der Waals surface area contributed by atoms with Gasteiger partial charge in [-0.05, 0) is 28.7 Å². The maximum absolute atomic E-state index is 11.2. The molecule has 2 rings (SSSR count). The summed E-state index contributed by atoms with van der Waals surface area (Å²) in [5, 5.41) is 7.35. The molecule has 0 aromatic heterocycles. The second-order valence-electron chi connectivity index (χ2n) is 2.44. The first kappa shape index (κ1) is 7.85. The van der Waals surface area contributed by atoms with Crippen LogP contribution in [0.2, 0.25) is 0 Å². The highest BCUT2D eigenvalue weighted by atomic mass is 127. The van der Waals surface area contributed by atoms with E-state index in [0.717, 1.165) is 5.56 Å². The lowest BCUT2D eigenvalue weighted by Crippen LogP contribution is -2.05. The lowest BCUT2D eigenvalue weighted by molar-refractivity contribution is 0.0988. The Morgan fingerprint density at radius 2 is 2.08 bits per heavy atom. The molecule has 0 saturated carbocycles. The zero-order valence-electron chi connectivity index (χ0n) is 6.07. The third kappa shape index (κ3) is 1.16. The molecule has 0 N–H and O–H groups in total. The number of alkyl halides is 1. The Hall–Kier alpha value is -0.780. The second kappa shape index (κ2) is 2.93. The van der Waals surface area contributed by atoms with E-state index in [2.05, 4.69) is 32.8 Å². The first-order valence-electron chi connectivity index (χ1n) is 3.47. The van der Waals surface area contributed by atoms with Crippen LogP contribution in [-0.4, -0.2) is 5.91 Å². The van der Waals surface area contributed by atoms with E-state index < -0.39 is 0 Å². The molecule has 0 aliphatic carbocycles. The van der Waals surface area contributed by atoms with Crippen molar-refractivity contribution < 1.29 is 4.79 Å². The van der Waals surface area contributed by atoms with Crippen LogP contribution in [0.1, 0.15) is 20.0 Å². The fourth-order valence-electron chi connectivity index (χ4n) is 1.12. The van der Waals surface area contributed by atoms with Gasteiger partial charge in [0.2, 0.25) is 0 Å². The predicted octanol–water partition coefficient (Wildman–Crippen LogP) is 2.73. The van der Waals surface area contributed by atoms with Crippen molar-refractivity contribution in [2.45, 2.75) is 4.05 Å². The van der Waals surface area contributed by atoms with Crippen LogP contribution >= 0.6 is 22.6 Å². The standard InChI is InChI=1S/C8H5IN2O/c9-7-5-3-1-2-4-6(5)8(12)11-10-7/h1-4,7H. The molecule has 1 aliphatic heterocycles. The minimum absolute atomic E-state index is 0.0171. The lowest BCUT2D eigenvalue weighted by atomic mass is 10.1. The molecule has 4 heteroatoms. The minimum Gasteiger partial charge on any atom is -0.265 e. The number of hydrogen-bond donors (Lipinski definition) is 0. The molecule has 1 aromatic carbocycles. The van der Waals surface area contributed by atoms with Crippen molar-refractivity contribution in [1.82, 2.24) is 0 Å². The van der Waals surface area contributed by atoms with Gasteiger partial charge < -0.3 is 0 Å². The van der Waals surface area contributed by atoms with Crippen molar-refractivity contribution in [3.63, 3.8) is 0 Å². The number of hydrogen-bond acceptors (Lipinski definition) is 2. The Bertz CT molecular complexity index is 362. The molecule has 12 heavy (non-hydrogen) atoms. The van der Waals surface area contributed by atoms with Gasteiger partial charge in [-0.15, -0.1) is 5.11 Å². The van der Waals surface area contributed by atoms with Crippen molar-refractivity contribution in [1.29, 1.82) is 0 Å². The highest BCUT2D eigenvalue weighted by Gasteiger charge is 2.20. The van der Waals surface area contributed by atoms with Crippen LogP contribution < -0.4 is 0 Å². The molecule has 0 radical (unpaired) electrons. The summed E-state index contributed by atoms with van der Waals surface area (Å²) in [5.74, 6) is -0.237. The van der Waals surface area contributed by atoms with Gasteiger partial charge in [-0.2, -0.15) is 5.11 Å². The van der Waals surface area contributed by atoms with E-state index in [4.69, 9.17) is 0 Å². The van der Waals surface area contributed by atoms with E-state index in [9.17, 15) is 4.79 Å². The number of halogens is 1. The molecule has 1 aromatic rings. The third-order valence-corrected chi connectivity index (χ3v) is 2.62. The Morgan fingerprint density at radius 1 is 1.33 bits per heavy atom. The first-order valence-corrected chi connectivity index (χ1v) is 4.72. The summed E-state index contributed by atoms with van der Waals surface area (Å²) in [6.45, 7) is 0. The van der Waals surface area contributed by atoms with Crippen molar-refractivity contribution in [3.8, 4) is 0 Å². The van der Waals surface area contributed by atoms with E-state index in [1.807, 2.05) is 18.2 Å². The van der Waals surface area contributed by atoms with E-state index in [0.29, 0.717) is 5.56 Å². The fraction of sp³-hybridized carbons (Fsp3) is 0.125. The monoisotopic (exact) mass is 272 g/mol. The van der Waals surface area contributed by atoms with Crippen molar-refractivity contribution in [2.24, 2.45) is 10.2 Å². The van der Waals surface area contributed by atoms with Gasteiger partial charge in [0.15, 0.2) is 0 Å². The number of rotatable bonds is 0.